The summed E-state index contributed by atoms with van der Waals surface area (Å²) in [5.74, 6) is 0.401. The van der Waals surface area contributed by atoms with E-state index in [9.17, 15) is 20.0 Å². The average Bonchev–Trinajstić information content (AvgIpc) is 3.92. The van der Waals surface area contributed by atoms with E-state index in [-0.39, 0.29) is 36.6 Å². The van der Waals surface area contributed by atoms with Crippen LogP contribution in [0.2, 0.25) is 10.0 Å². The number of amides is 1. The lowest BCUT2D eigenvalue weighted by atomic mass is 9.67. The fourth-order valence-corrected chi connectivity index (χ4v) is 10.2. The van der Waals surface area contributed by atoms with E-state index < -0.39 is 11.4 Å². The summed E-state index contributed by atoms with van der Waals surface area (Å²) in [6.45, 7) is 2.18. The summed E-state index contributed by atoms with van der Waals surface area (Å²) in [7, 11) is 1.60. The number of hydrogen-bond donors (Lipinski definition) is 3. The molecular weight excluding hydrogens is 841 g/mol. The van der Waals surface area contributed by atoms with Gasteiger partial charge in [-0.25, -0.2) is 4.98 Å². The first-order chi connectivity index (χ1) is 30.6. The molecule has 15 heteroatoms. The van der Waals surface area contributed by atoms with Crippen LogP contribution in [0.1, 0.15) is 84.4 Å². The first-order valence-electron chi connectivity index (χ1n) is 21.4. The molecule has 2 aliphatic carbocycles. The Morgan fingerprint density at radius 3 is 2.56 bits per heavy atom. The van der Waals surface area contributed by atoms with Crippen LogP contribution in [-0.4, -0.2) is 69.1 Å². The van der Waals surface area contributed by atoms with Crippen molar-refractivity contribution in [2.75, 3.05) is 20.2 Å². The maximum absolute atomic E-state index is 12.4. The number of benzene rings is 2. The van der Waals surface area contributed by atoms with E-state index in [1.54, 1.807) is 19.4 Å². The second kappa shape index (κ2) is 18.1. The molecule has 1 amide bonds. The van der Waals surface area contributed by atoms with Crippen molar-refractivity contribution in [2.24, 2.45) is 5.41 Å². The number of aromatic nitrogens is 3. The molecule has 324 valence electrons. The van der Waals surface area contributed by atoms with Gasteiger partial charge >= 0.3 is 5.97 Å². The number of nitriles is 1. The maximum atomic E-state index is 12.4. The van der Waals surface area contributed by atoms with E-state index in [0.29, 0.717) is 90.5 Å². The molecule has 0 spiro atoms. The minimum Gasteiger partial charge on any atom is -0.481 e. The molecule has 6 heterocycles. The third kappa shape index (κ3) is 8.78. The summed E-state index contributed by atoms with van der Waals surface area (Å²) in [6.07, 6.45) is 8.57. The van der Waals surface area contributed by atoms with Gasteiger partial charge < -0.3 is 30.0 Å². The van der Waals surface area contributed by atoms with Gasteiger partial charge in [-0.05, 0) is 79.8 Å². The van der Waals surface area contributed by atoms with Crippen molar-refractivity contribution in [1.82, 2.24) is 30.5 Å². The number of nitrogens with one attached hydrogen (secondary N) is 2. The van der Waals surface area contributed by atoms with Gasteiger partial charge in [-0.1, -0.05) is 65.7 Å². The number of halogens is 2. The third-order valence-corrected chi connectivity index (χ3v) is 13.7. The van der Waals surface area contributed by atoms with Crippen molar-refractivity contribution in [3.05, 3.63) is 116 Å². The quantitative estimate of drug-likeness (QED) is 0.0921. The number of aliphatic carboxylic acids is 1. The SMILES string of the molecule is COc1nc(-c2cccc(-c3cccc4c3CC[C@@H]4Oc3nc(OCc4cncc(C#N)c4)c(CN4CC5(C(=O)O)CCC4CC5)cc3Cl)c2Cl)ccc1CNC[C@@H]1CCC(=O)N1. The van der Waals surface area contributed by atoms with Crippen molar-refractivity contribution in [3.63, 3.8) is 0 Å². The van der Waals surface area contributed by atoms with Crippen LogP contribution in [0.15, 0.2) is 73.1 Å². The summed E-state index contributed by atoms with van der Waals surface area (Å²) in [5.41, 5.74) is 7.45. The smallest absolute Gasteiger partial charge is 0.310 e. The molecule has 3 aliphatic heterocycles. The monoisotopic (exact) mass is 887 g/mol. The topological polar surface area (TPSA) is 172 Å². The van der Waals surface area contributed by atoms with Crippen LogP contribution < -0.4 is 24.8 Å². The molecule has 5 aliphatic rings. The predicted molar refractivity (Wildman–Crippen MR) is 236 cm³/mol. The molecule has 5 aromatic rings. The number of carbonyl (C=O) groups is 2. The minimum absolute atomic E-state index is 0.0910. The van der Waals surface area contributed by atoms with Crippen molar-refractivity contribution in [3.8, 4) is 46.1 Å². The first kappa shape index (κ1) is 42.5. The van der Waals surface area contributed by atoms with Crippen LogP contribution in [0.4, 0.5) is 0 Å². The average molecular weight is 889 g/mol. The highest BCUT2D eigenvalue weighted by atomic mass is 35.5. The van der Waals surface area contributed by atoms with E-state index in [2.05, 4.69) is 38.7 Å². The van der Waals surface area contributed by atoms with E-state index in [0.717, 1.165) is 64.6 Å². The second-order valence-corrected chi connectivity index (χ2v) is 17.7. The predicted octanol–water partition coefficient (Wildman–Crippen LogP) is 8.24. The van der Waals surface area contributed by atoms with Crippen molar-refractivity contribution < 1.29 is 28.9 Å². The van der Waals surface area contributed by atoms with Gasteiger partial charge in [0.25, 0.3) is 0 Å². The normalized spacial score (nSPS) is 21.4. The molecule has 3 saturated heterocycles. The largest absolute Gasteiger partial charge is 0.481 e. The molecular formula is C48H47Cl2N7O6. The zero-order valence-corrected chi connectivity index (χ0v) is 36.3. The molecule has 13 nitrogen and oxygen atoms in total. The van der Waals surface area contributed by atoms with Gasteiger partial charge in [-0.15, -0.1) is 0 Å². The van der Waals surface area contributed by atoms with Crippen LogP contribution in [0.3, 0.4) is 0 Å². The van der Waals surface area contributed by atoms with Crippen LogP contribution in [0.5, 0.6) is 17.6 Å². The Bertz CT molecular complexity index is 2610. The number of pyridine rings is 3. The van der Waals surface area contributed by atoms with Crippen LogP contribution in [0.25, 0.3) is 22.4 Å². The van der Waals surface area contributed by atoms with Gasteiger partial charge in [0.1, 0.15) is 23.8 Å². The van der Waals surface area contributed by atoms with Crippen molar-refractivity contribution in [2.45, 2.75) is 89.3 Å². The van der Waals surface area contributed by atoms with Crippen LogP contribution in [-0.2, 0) is 35.7 Å². The molecule has 4 fully saturated rings. The second-order valence-electron chi connectivity index (χ2n) is 16.9. The molecule has 3 N–H and O–H groups in total. The van der Waals surface area contributed by atoms with Crippen LogP contribution in [0, 0.1) is 16.7 Å². The van der Waals surface area contributed by atoms with Gasteiger partial charge in [-0.2, -0.15) is 10.2 Å². The summed E-state index contributed by atoms with van der Waals surface area (Å²) < 4.78 is 18.7. The number of piperidine rings is 2. The number of carboxylic acids is 1. The molecule has 3 aromatic heterocycles. The number of nitrogens with zero attached hydrogens (tertiary/aromatic N) is 5. The van der Waals surface area contributed by atoms with E-state index in [1.807, 2.05) is 42.5 Å². The van der Waals surface area contributed by atoms with E-state index in [4.69, 9.17) is 47.4 Å². The number of carbonyl (C=O) groups excluding carboxylic acids is 1. The Hall–Kier alpha value is -5.78. The van der Waals surface area contributed by atoms with Crippen LogP contribution >= 0.6 is 23.2 Å². The molecule has 1 saturated carbocycles. The fraction of sp³-hybridized carbons (Fsp3) is 0.375. The molecule has 63 heavy (non-hydrogen) atoms. The molecule has 2 aromatic carbocycles. The molecule has 0 unspecified atom stereocenters. The summed E-state index contributed by atoms with van der Waals surface area (Å²) >= 11 is 14.3. The number of carboxylic acid groups (broad SMARTS) is 1. The standard InChI is InChI=1S/C48H47Cl2N7O6/c1-61-44-30(23-53-24-32-9-13-42(58)54-32)8-11-40(55-44)38-7-3-6-37(43(38)50)34-4-2-5-36-35(34)10-12-41(36)63-46-39(49)19-31(25-57-27-48(47(59)60)16-14-33(57)15-17-48)45(56-46)62-26-29-18-28(20-51)21-52-22-29/h2-8,11,18-19,21-22,32-33,41,53H,9-10,12-17,23-27H2,1H3,(H,54,58)(H,59,60)/t32-,33?,41-,48?/m0/s1. The van der Waals surface area contributed by atoms with E-state index >= 15 is 0 Å². The highest BCUT2D eigenvalue weighted by Gasteiger charge is 2.49. The van der Waals surface area contributed by atoms with Gasteiger partial charge in [0.2, 0.25) is 23.5 Å². The van der Waals surface area contributed by atoms with Gasteiger partial charge in [0, 0.05) is 84.9 Å². The lowest BCUT2D eigenvalue weighted by Gasteiger charge is -2.50. The maximum Gasteiger partial charge on any atom is 0.310 e. The molecule has 0 radical (unpaired) electrons. The number of hydrogen-bond acceptors (Lipinski definition) is 11. The Labute approximate surface area is 375 Å². The zero-order valence-electron chi connectivity index (χ0n) is 34.8. The number of ether oxygens (including phenoxy) is 3. The fourth-order valence-electron chi connectivity index (χ4n) is 9.68. The summed E-state index contributed by atoms with van der Waals surface area (Å²) in [6, 6.07) is 22.1. The lowest BCUT2D eigenvalue weighted by molar-refractivity contribution is -0.160. The molecule has 2 bridgehead atoms. The highest BCUT2D eigenvalue weighted by molar-refractivity contribution is 6.36. The third-order valence-electron chi connectivity index (χ3n) is 13.0. The summed E-state index contributed by atoms with van der Waals surface area (Å²) in [5, 5.41) is 26.9. The van der Waals surface area contributed by atoms with Gasteiger partial charge in [-0.3, -0.25) is 19.5 Å². The Balaban J connectivity index is 0.959. The van der Waals surface area contributed by atoms with Crippen molar-refractivity contribution in [1.29, 1.82) is 5.26 Å². The zero-order chi connectivity index (χ0) is 43.7. The first-order valence-corrected chi connectivity index (χ1v) is 22.1. The minimum atomic E-state index is -0.759. The Morgan fingerprint density at radius 2 is 1.78 bits per heavy atom. The Morgan fingerprint density at radius 1 is 0.968 bits per heavy atom. The number of fused-ring (bicyclic) bond motifs is 4. The number of rotatable bonds is 15. The van der Waals surface area contributed by atoms with Gasteiger partial charge in [0.15, 0.2) is 0 Å². The summed E-state index contributed by atoms with van der Waals surface area (Å²) in [4.78, 5) is 40.1. The van der Waals surface area contributed by atoms with E-state index in [1.165, 1.54) is 6.20 Å². The van der Waals surface area contributed by atoms with Crippen molar-refractivity contribution >= 4 is 35.1 Å². The molecule has 2 atom stereocenters. The number of methoxy groups -OCH3 is 1. The van der Waals surface area contributed by atoms with Gasteiger partial charge in [0.05, 0.1) is 28.8 Å². The molecule has 10 rings (SSSR count). The highest BCUT2D eigenvalue weighted by Crippen LogP contribution is 2.47. The Kier molecular flexibility index (Phi) is 12.2. The lowest BCUT2D eigenvalue weighted by Crippen LogP contribution is -2.56.